The summed E-state index contributed by atoms with van der Waals surface area (Å²) in [6.07, 6.45) is 1.45. The van der Waals surface area contributed by atoms with Crippen LogP contribution in [0.15, 0.2) is 0 Å². The van der Waals surface area contributed by atoms with E-state index in [9.17, 15) is 14.4 Å². The van der Waals surface area contributed by atoms with E-state index in [1.807, 2.05) is 34.6 Å². The highest BCUT2D eigenvalue weighted by atomic mass is 16.2. The first-order valence-corrected chi connectivity index (χ1v) is 7.09. The van der Waals surface area contributed by atoms with Gasteiger partial charge in [-0.15, -0.1) is 0 Å². The number of Topliss-reactive ketones (excluding diaryl/α,β-unsaturated/α-hetero) is 2. The van der Waals surface area contributed by atoms with E-state index in [4.69, 9.17) is 0 Å². The van der Waals surface area contributed by atoms with Gasteiger partial charge in [-0.05, 0) is 25.7 Å². The van der Waals surface area contributed by atoms with Crippen molar-refractivity contribution in [1.29, 1.82) is 0 Å². The summed E-state index contributed by atoms with van der Waals surface area (Å²) in [6, 6.07) is 0.0630. The van der Waals surface area contributed by atoms with Crippen molar-refractivity contribution in [3.63, 3.8) is 0 Å². The number of carbonyl (C=O) groups is 3. The lowest BCUT2D eigenvalue weighted by molar-refractivity contribution is -0.151. The predicted octanol–water partition coefficient (Wildman–Crippen LogP) is 2.21. The third-order valence-electron chi connectivity index (χ3n) is 3.94. The van der Waals surface area contributed by atoms with Gasteiger partial charge in [-0.3, -0.25) is 14.4 Å². The molecule has 1 aliphatic carbocycles. The van der Waals surface area contributed by atoms with Crippen molar-refractivity contribution in [2.45, 2.75) is 59.9 Å². The van der Waals surface area contributed by atoms with Crippen LogP contribution in [-0.4, -0.2) is 35.0 Å². The van der Waals surface area contributed by atoms with Gasteiger partial charge in [-0.1, -0.05) is 20.8 Å². The van der Waals surface area contributed by atoms with E-state index in [1.165, 1.54) is 0 Å². The topological polar surface area (TPSA) is 54.5 Å². The van der Waals surface area contributed by atoms with Gasteiger partial charge in [-0.2, -0.15) is 0 Å². The van der Waals surface area contributed by atoms with E-state index in [0.717, 1.165) is 6.42 Å². The second kappa shape index (κ2) is 5.85. The standard InChI is InChI=1S/C15H25NO3/c1-6-10(3)16(7-2)14(19)13-11(17)8-15(4,5)9-12(13)18/h10,13H,6-9H2,1-5H3/t10-/m0/s1. The van der Waals surface area contributed by atoms with E-state index in [1.54, 1.807) is 4.90 Å². The van der Waals surface area contributed by atoms with Crippen molar-refractivity contribution in [2.24, 2.45) is 11.3 Å². The van der Waals surface area contributed by atoms with Gasteiger partial charge in [-0.25, -0.2) is 0 Å². The highest BCUT2D eigenvalue weighted by Gasteiger charge is 2.45. The number of hydrogen-bond acceptors (Lipinski definition) is 3. The van der Waals surface area contributed by atoms with Crippen molar-refractivity contribution in [1.82, 2.24) is 4.90 Å². The van der Waals surface area contributed by atoms with E-state index in [2.05, 4.69) is 0 Å². The molecule has 0 unspecified atom stereocenters. The molecule has 4 heteroatoms. The van der Waals surface area contributed by atoms with Gasteiger partial charge < -0.3 is 4.90 Å². The number of amides is 1. The smallest absolute Gasteiger partial charge is 0.240 e. The predicted molar refractivity (Wildman–Crippen MR) is 73.7 cm³/mol. The van der Waals surface area contributed by atoms with Crippen LogP contribution >= 0.6 is 0 Å². The molecular formula is C15H25NO3. The average Bonchev–Trinajstić information content (AvgIpc) is 2.26. The van der Waals surface area contributed by atoms with E-state index in [0.29, 0.717) is 19.4 Å². The van der Waals surface area contributed by atoms with Gasteiger partial charge in [0.2, 0.25) is 5.91 Å². The summed E-state index contributed by atoms with van der Waals surface area (Å²) in [5, 5.41) is 0. The third-order valence-corrected chi connectivity index (χ3v) is 3.94. The zero-order valence-electron chi connectivity index (χ0n) is 12.7. The molecule has 19 heavy (non-hydrogen) atoms. The summed E-state index contributed by atoms with van der Waals surface area (Å²) in [6.45, 7) is 10.2. The molecule has 0 radical (unpaired) electrons. The van der Waals surface area contributed by atoms with E-state index >= 15 is 0 Å². The van der Waals surface area contributed by atoms with Crippen LogP contribution in [-0.2, 0) is 14.4 Å². The van der Waals surface area contributed by atoms with Gasteiger partial charge in [0.15, 0.2) is 17.5 Å². The second-order valence-electron chi connectivity index (χ2n) is 6.26. The van der Waals surface area contributed by atoms with Crippen molar-refractivity contribution in [3.8, 4) is 0 Å². The van der Waals surface area contributed by atoms with Crippen molar-refractivity contribution in [3.05, 3.63) is 0 Å². The molecule has 4 nitrogen and oxygen atoms in total. The molecule has 1 atom stereocenters. The maximum absolute atomic E-state index is 12.4. The lowest BCUT2D eigenvalue weighted by Crippen LogP contribution is -2.50. The van der Waals surface area contributed by atoms with Crippen LogP contribution in [0, 0.1) is 11.3 Å². The van der Waals surface area contributed by atoms with E-state index in [-0.39, 0.29) is 28.9 Å². The van der Waals surface area contributed by atoms with Crippen LogP contribution in [0.4, 0.5) is 0 Å². The Hall–Kier alpha value is -1.19. The molecule has 0 aromatic carbocycles. The normalized spacial score (nSPS) is 21.3. The molecule has 1 rings (SSSR count). The third kappa shape index (κ3) is 3.43. The molecule has 1 aliphatic rings. The number of carbonyl (C=O) groups excluding carboxylic acids is 3. The zero-order valence-corrected chi connectivity index (χ0v) is 12.7. The Kier molecular flexibility index (Phi) is 4.88. The Labute approximate surface area is 115 Å². The average molecular weight is 267 g/mol. The Balaban J connectivity index is 2.93. The molecule has 1 amide bonds. The van der Waals surface area contributed by atoms with Crippen LogP contribution in [0.2, 0.25) is 0 Å². The summed E-state index contributed by atoms with van der Waals surface area (Å²) >= 11 is 0. The number of rotatable bonds is 4. The molecule has 1 fully saturated rings. The summed E-state index contributed by atoms with van der Waals surface area (Å²) in [7, 11) is 0. The van der Waals surface area contributed by atoms with Gasteiger partial charge in [0, 0.05) is 25.4 Å². The first kappa shape index (κ1) is 15.9. The number of ketones is 2. The molecule has 1 saturated carbocycles. The minimum absolute atomic E-state index is 0.0630. The van der Waals surface area contributed by atoms with Gasteiger partial charge in [0.1, 0.15) is 0 Å². The fourth-order valence-electron chi connectivity index (χ4n) is 2.74. The molecule has 0 spiro atoms. The van der Waals surface area contributed by atoms with Crippen LogP contribution < -0.4 is 0 Å². The quantitative estimate of drug-likeness (QED) is 0.734. The van der Waals surface area contributed by atoms with Gasteiger partial charge in [0.25, 0.3) is 0 Å². The monoisotopic (exact) mass is 267 g/mol. The number of nitrogens with zero attached hydrogens (tertiary/aromatic N) is 1. The van der Waals surface area contributed by atoms with Crippen molar-refractivity contribution >= 4 is 17.5 Å². The van der Waals surface area contributed by atoms with Gasteiger partial charge in [0.05, 0.1) is 0 Å². The second-order valence-corrected chi connectivity index (χ2v) is 6.26. The summed E-state index contributed by atoms with van der Waals surface area (Å²) in [4.78, 5) is 38.3. The van der Waals surface area contributed by atoms with Crippen LogP contribution in [0.3, 0.4) is 0 Å². The fourth-order valence-corrected chi connectivity index (χ4v) is 2.74. The molecule has 108 valence electrons. The molecule has 0 heterocycles. The first-order chi connectivity index (χ1) is 8.73. The lowest BCUT2D eigenvalue weighted by Gasteiger charge is -2.35. The molecule has 0 N–H and O–H groups in total. The molecule has 0 saturated heterocycles. The molecular weight excluding hydrogens is 242 g/mol. The highest BCUT2D eigenvalue weighted by Crippen LogP contribution is 2.34. The summed E-state index contributed by atoms with van der Waals surface area (Å²) < 4.78 is 0. The molecule has 0 bridgehead atoms. The molecule has 0 aromatic heterocycles. The van der Waals surface area contributed by atoms with Crippen LogP contribution in [0.25, 0.3) is 0 Å². The maximum Gasteiger partial charge on any atom is 0.240 e. The SMILES string of the molecule is CC[C@H](C)N(CC)C(=O)C1C(=O)CC(C)(C)CC1=O. The van der Waals surface area contributed by atoms with Gasteiger partial charge >= 0.3 is 0 Å². The summed E-state index contributed by atoms with van der Waals surface area (Å²) in [5.41, 5.74) is -0.307. The molecule has 0 aliphatic heterocycles. The van der Waals surface area contributed by atoms with E-state index < -0.39 is 5.92 Å². The van der Waals surface area contributed by atoms with Crippen LogP contribution in [0.5, 0.6) is 0 Å². The maximum atomic E-state index is 12.4. The number of hydrogen-bond donors (Lipinski definition) is 0. The van der Waals surface area contributed by atoms with Crippen molar-refractivity contribution in [2.75, 3.05) is 6.54 Å². The Morgan fingerprint density at radius 3 is 2.11 bits per heavy atom. The zero-order chi connectivity index (χ0) is 14.8. The van der Waals surface area contributed by atoms with Crippen molar-refractivity contribution < 1.29 is 14.4 Å². The minimum Gasteiger partial charge on any atom is -0.339 e. The fraction of sp³-hybridized carbons (Fsp3) is 0.800. The lowest BCUT2D eigenvalue weighted by atomic mass is 9.71. The Morgan fingerprint density at radius 1 is 1.26 bits per heavy atom. The summed E-state index contributed by atoms with van der Waals surface area (Å²) in [5.74, 6) is -1.79. The largest absolute Gasteiger partial charge is 0.339 e. The molecule has 0 aromatic rings. The first-order valence-electron chi connectivity index (χ1n) is 7.09. The van der Waals surface area contributed by atoms with Crippen LogP contribution in [0.1, 0.15) is 53.9 Å². The highest BCUT2D eigenvalue weighted by molar-refractivity contribution is 6.20. The minimum atomic E-state index is -1.05. The Bertz CT molecular complexity index is 367. The Morgan fingerprint density at radius 2 is 1.74 bits per heavy atom.